The molecule has 8 heteroatoms. The first-order chi connectivity index (χ1) is 8.70. The minimum absolute atomic E-state index is 0.0630. The van der Waals surface area contributed by atoms with Crippen molar-refractivity contribution in [2.24, 2.45) is 0 Å². The van der Waals surface area contributed by atoms with E-state index in [0.29, 0.717) is 5.56 Å². The molecular formula is C11H15ClN2O4S. The molecule has 0 saturated heterocycles. The van der Waals surface area contributed by atoms with Crippen molar-refractivity contribution in [1.29, 1.82) is 0 Å². The third kappa shape index (κ3) is 3.37. The number of likely N-dealkylation sites (N-methyl/N-ethyl adjacent to an activating group) is 1. The molecule has 1 rings (SSSR count). The van der Waals surface area contributed by atoms with E-state index in [9.17, 15) is 13.2 Å². The lowest BCUT2D eigenvalue weighted by molar-refractivity contribution is -0.140. The Labute approximate surface area is 117 Å². The van der Waals surface area contributed by atoms with E-state index < -0.39 is 16.0 Å². The third-order valence-corrected chi connectivity index (χ3v) is 4.82. The number of esters is 1. The fourth-order valence-electron chi connectivity index (χ4n) is 1.33. The van der Waals surface area contributed by atoms with Gasteiger partial charge in [-0.05, 0) is 24.6 Å². The molecule has 0 saturated carbocycles. The van der Waals surface area contributed by atoms with Gasteiger partial charge in [-0.3, -0.25) is 4.79 Å². The van der Waals surface area contributed by atoms with Crippen LogP contribution in [-0.2, 0) is 19.6 Å². The first kappa shape index (κ1) is 15.7. The molecule has 0 aliphatic carbocycles. The van der Waals surface area contributed by atoms with Gasteiger partial charge in [0.2, 0.25) is 10.0 Å². The molecule has 6 nitrogen and oxygen atoms in total. The average Bonchev–Trinajstić information content (AvgIpc) is 2.34. The summed E-state index contributed by atoms with van der Waals surface area (Å²) in [6.45, 7) is 1.30. The Morgan fingerprint density at radius 3 is 2.53 bits per heavy atom. The highest BCUT2D eigenvalue weighted by molar-refractivity contribution is 7.89. The van der Waals surface area contributed by atoms with Crippen molar-refractivity contribution in [3.05, 3.63) is 22.7 Å². The maximum Gasteiger partial charge on any atom is 0.321 e. The SMILES string of the molecule is COC(=O)CN(C)S(=O)(=O)c1cc(N)c(C)c(Cl)c1. The van der Waals surface area contributed by atoms with E-state index in [1.807, 2.05) is 0 Å². The Kier molecular flexibility index (Phi) is 4.78. The van der Waals surface area contributed by atoms with Crippen LogP contribution in [0.3, 0.4) is 0 Å². The first-order valence-corrected chi connectivity index (χ1v) is 7.10. The minimum atomic E-state index is -3.84. The van der Waals surface area contributed by atoms with Gasteiger partial charge in [-0.1, -0.05) is 11.6 Å². The van der Waals surface area contributed by atoms with Crippen LogP contribution >= 0.6 is 11.6 Å². The molecule has 1 aromatic carbocycles. The van der Waals surface area contributed by atoms with Crippen molar-refractivity contribution in [1.82, 2.24) is 4.31 Å². The number of halogens is 1. The number of ether oxygens (including phenoxy) is 1. The lowest BCUT2D eigenvalue weighted by Crippen LogP contribution is -2.32. The zero-order valence-corrected chi connectivity index (χ0v) is 12.4. The number of anilines is 1. The van der Waals surface area contributed by atoms with Gasteiger partial charge in [-0.25, -0.2) is 8.42 Å². The lowest BCUT2D eigenvalue weighted by atomic mass is 10.2. The summed E-state index contributed by atoms with van der Waals surface area (Å²) in [5.74, 6) is -0.655. The molecule has 0 aromatic heterocycles. The van der Waals surface area contributed by atoms with Crippen molar-refractivity contribution in [3.8, 4) is 0 Å². The topological polar surface area (TPSA) is 89.7 Å². The molecule has 2 N–H and O–H groups in total. The highest BCUT2D eigenvalue weighted by Gasteiger charge is 2.24. The van der Waals surface area contributed by atoms with Crippen molar-refractivity contribution >= 4 is 33.3 Å². The summed E-state index contributed by atoms with van der Waals surface area (Å²) in [6, 6.07) is 2.61. The molecule has 19 heavy (non-hydrogen) atoms. The number of benzene rings is 1. The van der Waals surface area contributed by atoms with Gasteiger partial charge < -0.3 is 10.5 Å². The van der Waals surface area contributed by atoms with Crippen LogP contribution in [0.1, 0.15) is 5.56 Å². The Morgan fingerprint density at radius 2 is 2.05 bits per heavy atom. The van der Waals surface area contributed by atoms with Crippen LogP contribution in [0.5, 0.6) is 0 Å². The van der Waals surface area contributed by atoms with Crippen LogP contribution in [0.15, 0.2) is 17.0 Å². The molecule has 0 radical (unpaired) electrons. The van der Waals surface area contributed by atoms with E-state index in [0.717, 1.165) is 4.31 Å². The van der Waals surface area contributed by atoms with E-state index in [1.54, 1.807) is 6.92 Å². The highest BCUT2D eigenvalue weighted by Crippen LogP contribution is 2.27. The zero-order chi connectivity index (χ0) is 14.8. The summed E-state index contributed by atoms with van der Waals surface area (Å²) in [7, 11) is -1.38. The number of nitrogens with two attached hydrogens (primary N) is 1. The van der Waals surface area contributed by atoms with Crippen LogP contribution in [0.4, 0.5) is 5.69 Å². The van der Waals surface area contributed by atoms with Crippen LogP contribution in [0.2, 0.25) is 5.02 Å². The van der Waals surface area contributed by atoms with E-state index in [2.05, 4.69) is 4.74 Å². The van der Waals surface area contributed by atoms with Crippen molar-refractivity contribution in [2.75, 3.05) is 26.4 Å². The molecule has 0 amide bonds. The highest BCUT2D eigenvalue weighted by atomic mass is 35.5. The Hall–Kier alpha value is -1.31. The fourth-order valence-corrected chi connectivity index (χ4v) is 2.80. The maximum absolute atomic E-state index is 12.2. The van der Waals surface area contributed by atoms with Crippen molar-refractivity contribution in [3.63, 3.8) is 0 Å². The molecule has 0 bridgehead atoms. The molecule has 1 aromatic rings. The number of carbonyl (C=O) groups excluding carboxylic acids is 1. The van der Waals surface area contributed by atoms with E-state index >= 15 is 0 Å². The Bertz CT molecular complexity index is 578. The summed E-state index contributed by atoms with van der Waals surface area (Å²) in [5.41, 5.74) is 6.57. The summed E-state index contributed by atoms with van der Waals surface area (Å²) in [4.78, 5) is 11.0. The third-order valence-electron chi connectivity index (χ3n) is 2.65. The quantitative estimate of drug-likeness (QED) is 0.662. The van der Waals surface area contributed by atoms with Crippen LogP contribution in [0.25, 0.3) is 0 Å². The summed E-state index contributed by atoms with van der Waals surface area (Å²) < 4.78 is 29.7. The van der Waals surface area contributed by atoms with Crippen molar-refractivity contribution in [2.45, 2.75) is 11.8 Å². The van der Waals surface area contributed by atoms with E-state index in [-0.39, 0.29) is 22.2 Å². The molecular weight excluding hydrogens is 292 g/mol. The standard InChI is InChI=1S/C11H15ClN2O4S/c1-7-9(12)4-8(5-10(7)13)19(16,17)14(2)6-11(15)18-3/h4-5H,6,13H2,1-3H3. The van der Waals surface area contributed by atoms with Crippen LogP contribution in [0, 0.1) is 6.92 Å². The zero-order valence-electron chi connectivity index (χ0n) is 10.8. The molecule has 0 heterocycles. The molecule has 0 fully saturated rings. The molecule has 0 aliphatic heterocycles. The average molecular weight is 307 g/mol. The van der Waals surface area contributed by atoms with Crippen LogP contribution in [-0.4, -0.2) is 39.4 Å². The predicted molar refractivity (Wildman–Crippen MR) is 72.4 cm³/mol. The molecule has 106 valence electrons. The van der Waals surface area contributed by atoms with Gasteiger partial charge in [0, 0.05) is 17.8 Å². The van der Waals surface area contributed by atoms with E-state index in [1.165, 1.54) is 26.3 Å². The normalized spacial score (nSPS) is 11.6. The van der Waals surface area contributed by atoms with Gasteiger partial charge >= 0.3 is 5.97 Å². The van der Waals surface area contributed by atoms with Gasteiger partial charge in [0.25, 0.3) is 0 Å². The van der Waals surface area contributed by atoms with Gasteiger partial charge in [0.05, 0.1) is 12.0 Å². The number of nitrogens with zero attached hydrogens (tertiary/aromatic N) is 1. The Morgan fingerprint density at radius 1 is 1.47 bits per heavy atom. The largest absolute Gasteiger partial charge is 0.468 e. The monoisotopic (exact) mass is 306 g/mol. The fraction of sp³-hybridized carbons (Fsp3) is 0.364. The number of hydrogen-bond donors (Lipinski definition) is 1. The van der Waals surface area contributed by atoms with Gasteiger partial charge in [0.15, 0.2) is 0 Å². The van der Waals surface area contributed by atoms with E-state index in [4.69, 9.17) is 17.3 Å². The number of sulfonamides is 1. The number of nitrogen functional groups attached to an aromatic ring is 1. The smallest absolute Gasteiger partial charge is 0.321 e. The number of rotatable bonds is 4. The van der Waals surface area contributed by atoms with Gasteiger partial charge in [-0.2, -0.15) is 4.31 Å². The number of methoxy groups -OCH3 is 1. The summed E-state index contributed by atoms with van der Waals surface area (Å²) in [5, 5.41) is 0.255. The number of hydrogen-bond acceptors (Lipinski definition) is 5. The maximum atomic E-state index is 12.2. The minimum Gasteiger partial charge on any atom is -0.468 e. The molecule has 0 aliphatic rings. The Balaban J connectivity index is 3.17. The van der Waals surface area contributed by atoms with Gasteiger partial charge in [0.1, 0.15) is 6.54 Å². The second-order valence-corrected chi connectivity index (χ2v) is 6.41. The second kappa shape index (κ2) is 5.77. The molecule has 0 spiro atoms. The summed E-state index contributed by atoms with van der Waals surface area (Å²) >= 11 is 5.91. The first-order valence-electron chi connectivity index (χ1n) is 5.29. The van der Waals surface area contributed by atoms with Crippen LogP contribution < -0.4 is 5.73 Å². The van der Waals surface area contributed by atoms with Crippen molar-refractivity contribution < 1.29 is 17.9 Å². The van der Waals surface area contributed by atoms with Gasteiger partial charge in [-0.15, -0.1) is 0 Å². The molecule has 0 unspecified atom stereocenters. The lowest BCUT2D eigenvalue weighted by Gasteiger charge is -2.17. The summed E-state index contributed by atoms with van der Waals surface area (Å²) in [6.07, 6.45) is 0. The number of carbonyl (C=O) groups is 1. The second-order valence-electron chi connectivity index (χ2n) is 3.96. The molecule has 0 atom stereocenters. The predicted octanol–water partition coefficient (Wildman–Crippen LogP) is 1.02.